The van der Waals surface area contributed by atoms with E-state index in [1.807, 2.05) is 19.1 Å². The van der Waals surface area contributed by atoms with Gasteiger partial charge in [-0.1, -0.05) is 13.8 Å². The molecule has 1 aliphatic rings. The van der Waals surface area contributed by atoms with Crippen LogP contribution in [0.2, 0.25) is 0 Å². The molecule has 0 radical (unpaired) electrons. The molecule has 1 unspecified atom stereocenters. The van der Waals surface area contributed by atoms with Gasteiger partial charge >= 0.3 is 0 Å². The Morgan fingerprint density at radius 2 is 2.23 bits per heavy atom. The highest BCUT2D eigenvalue weighted by Crippen LogP contribution is 2.43. The topological polar surface area (TPSA) is 81.1 Å². The first kappa shape index (κ1) is 13.2. The molecule has 4 rings (SSSR count). The Kier molecular flexibility index (Phi) is 2.72. The fraction of sp³-hybridized carbons (Fsp3) is 0.467. The number of nitrogens with one attached hydrogen (secondary N) is 1. The van der Waals surface area contributed by atoms with E-state index >= 15 is 0 Å². The molecule has 0 bridgehead atoms. The van der Waals surface area contributed by atoms with Crippen LogP contribution in [0.1, 0.15) is 43.4 Å². The quantitative estimate of drug-likeness (QED) is 0.783. The summed E-state index contributed by atoms with van der Waals surface area (Å²) in [6, 6.07) is 6.06. The normalized spacial score (nSPS) is 20.0. The van der Waals surface area contributed by atoms with Gasteiger partial charge in [0.05, 0.1) is 6.04 Å². The molecule has 0 saturated heterocycles. The number of hydrogen-bond acceptors (Lipinski definition) is 6. The second-order valence-corrected chi connectivity index (χ2v) is 6.72. The maximum atomic E-state index is 5.87. The zero-order valence-corrected chi connectivity index (χ0v) is 12.9. The molecular weight excluding hydrogens is 280 g/mol. The minimum atomic E-state index is 0.178. The monoisotopic (exact) mass is 298 g/mol. The van der Waals surface area contributed by atoms with Gasteiger partial charge in [0, 0.05) is 12.0 Å². The lowest BCUT2D eigenvalue weighted by atomic mass is 9.75. The molecule has 0 aliphatic heterocycles. The SMILES string of the molecule is Cc1cc2c(o1)CC(C)(C)CC2Nc1ccc2nnnn2n1. The van der Waals surface area contributed by atoms with Gasteiger partial charge in [0.2, 0.25) is 0 Å². The van der Waals surface area contributed by atoms with E-state index in [2.05, 4.69) is 45.9 Å². The van der Waals surface area contributed by atoms with Gasteiger partial charge in [-0.25, -0.2) is 0 Å². The molecule has 0 aromatic carbocycles. The van der Waals surface area contributed by atoms with Crippen molar-refractivity contribution in [1.82, 2.24) is 25.3 Å². The Morgan fingerprint density at radius 1 is 1.36 bits per heavy atom. The van der Waals surface area contributed by atoms with Crippen LogP contribution in [0.4, 0.5) is 5.82 Å². The van der Waals surface area contributed by atoms with Crippen LogP contribution in [0, 0.1) is 12.3 Å². The molecule has 22 heavy (non-hydrogen) atoms. The third-order valence-electron chi connectivity index (χ3n) is 4.13. The van der Waals surface area contributed by atoms with Gasteiger partial charge in [0.25, 0.3) is 0 Å². The first-order chi connectivity index (χ1) is 10.5. The summed E-state index contributed by atoms with van der Waals surface area (Å²) in [5.41, 5.74) is 2.05. The fourth-order valence-corrected chi connectivity index (χ4v) is 3.22. The van der Waals surface area contributed by atoms with Crippen LogP contribution < -0.4 is 5.32 Å². The molecule has 1 aliphatic carbocycles. The van der Waals surface area contributed by atoms with E-state index in [1.54, 1.807) is 0 Å². The van der Waals surface area contributed by atoms with Crippen molar-refractivity contribution in [2.45, 2.75) is 39.7 Å². The van der Waals surface area contributed by atoms with Crippen molar-refractivity contribution in [2.75, 3.05) is 5.32 Å². The van der Waals surface area contributed by atoms with E-state index in [0.29, 0.717) is 5.65 Å². The summed E-state index contributed by atoms with van der Waals surface area (Å²) in [7, 11) is 0. The highest BCUT2D eigenvalue weighted by Gasteiger charge is 2.35. The van der Waals surface area contributed by atoms with Crippen molar-refractivity contribution in [3.05, 3.63) is 35.3 Å². The Morgan fingerprint density at radius 3 is 3.09 bits per heavy atom. The van der Waals surface area contributed by atoms with Gasteiger partial charge in [-0.15, -0.1) is 14.8 Å². The van der Waals surface area contributed by atoms with Crippen molar-refractivity contribution >= 4 is 11.5 Å². The third kappa shape index (κ3) is 2.22. The molecule has 1 N–H and O–H groups in total. The first-order valence-electron chi connectivity index (χ1n) is 7.41. The Labute approximate surface area is 127 Å². The highest BCUT2D eigenvalue weighted by molar-refractivity contribution is 5.45. The van der Waals surface area contributed by atoms with E-state index in [0.717, 1.165) is 30.2 Å². The third-order valence-corrected chi connectivity index (χ3v) is 4.13. The first-order valence-corrected chi connectivity index (χ1v) is 7.41. The van der Waals surface area contributed by atoms with Crippen LogP contribution in [-0.4, -0.2) is 25.3 Å². The van der Waals surface area contributed by atoms with E-state index in [-0.39, 0.29) is 11.5 Å². The molecule has 7 nitrogen and oxygen atoms in total. The second-order valence-electron chi connectivity index (χ2n) is 6.72. The maximum Gasteiger partial charge on any atom is 0.200 e. The lowest BCUT2D eigenvalue weighted by molar-refractivity contribution is 0.261. The van der Waals surface area contributed by atoms with Crippen LogP contribution >= 0.6 is 0 Å². The summed E-state index contributed by atoms with van der Waals surface area (Å²) in [4.78, 5) is 0. The highest BCUT2D eigenvalue weighted by atomic mass is 16.3. The predicted molar refractivity (Wildman–Crippen MR) is 80.5 cm³/mol. The molecule has 0 spiro atoms. The molecule has 114 valence electrons. The van der Waals surface area contributed by atoms with Crippen molar-refractivity contribution in [1.29, 1.82) is 0 Å². The Balaban J connectivity index is 1.69. The molecular formula is C15H18N6O. The van der Waals surface area contributed by atoms with E-state index in [9.17, 15) is 0 Å². The zero-order valence-electron chi connectivity index (χ0n) is 12.9. The largest absolute Gasteiger partial charge is 0.466 e. The minimum absolute atomic E-state index is 0.178. The average molecular weight is 298 g/mol. The minimum Gasteiger partial charge on any atom is -0.466 e. The molecule has 1 atom stereocenters. The van der Waals surface area contributed by atoms with Gasteiger partial charge in [0.15, 0.2) is 5.65 Å². The lowest BCUT2D eigenvalue weighted by Crippen LogP contribution is -2.28. The number of aryl methyl sites for hydroxylation is 1. The van der Waals surface area contributed by atoms with Gasteiger partial charge < -0.3 is 9.73 Å². The van der Waals surface area contributed by atoms with E-state index < -0.39 is 0 Å². The van der Waals surface area contributed by atoms with Crippen LogP contribution in [-0.2, 0) is 6.42 Å². The van der Waals surface area contributed by atoms with Crippen molar-refractivity contribution < 1.29 is 4.42 Å². The number of anilines is 1. The molecule has 0 amide bonds. The predicted octanol–water partition coefficient (Wildman–Crippen LogP) is 2.55. The molecule has 3 heterocycles. The molecule has 0 fully saturated rings. The lowest BCUT2D eigenvalue weighted by Gasteiger charge is -2.34. The summed E-state index contributed by atoms with van der Waals surface area (Å²) >= 11 is 0. The van der Waals surface area contributed by atoms with Gasteiger partial charge in [0.1, 0.15) is 17.3 Å². The summed E-state index contributed by atoms with van der Waals surface area (Å²) in [6.45, 7) is 6.52. The van der Waals surface area contributed by atoms with Crippen LogP contribution in [0.25, 0.3) is 5.65 Å². The van der Waals surface area contributed by atoms with Crippen LogP contribution in [0.5, 0.6) is 0 Å². The van der Waals surface area contributed by atoms with Crippen molar-refractivity contribution in [3.8, 4) is 0 Å². The summed E-state index contributed by atoms with van der Waals surface area (Å²) in [6.07, 6.45) is 1.99. The zero-order chi connectivity index (χ0) is 15.3. The number of nitrogens with zero attached hydrogens (tertiary/aromatic N) is 5. The number of fused-ring (bicyclic) bond motifs is 2. The maximum absolute atomic E-state index is 5.87. The Hall–Kier alpha value is -2.44. The average Bonchev–Trinajstić information content (AvgIpc) is 3.02. The van der Waals surface area contributed by atoms with Crippen LogP contribution in [0.15, 0.2) is 22.6 Å². The summed E-state index contributed by atoms with van der Waals surface area (Å²) in [5.74, 6) is 2.79. The Bertz CT molecular complexity index is 834. The molecule has 7 heteroatoms. The van der Waals surface area contributed by atoms with E-state index in [1.165, 1.54) is 10.2 Å². The standard InChI is InChI=1S/C15H18N6O/c1-9-6-10-11(7-15(2,3)8-12(10)22-9)16-13-4-5-14-17-19-20-21(14)18-13/h4-6,11H,7-8H2,1-3H3,(H,16,18). The van der Waals surface area contributed by atoms with Gasteiger partial charge in [-0.2, -0.15) is 0 Å². The summed E-state index contributed by atoms with van der Waals surface area (Å²) in [5, 5.41) is 19.2. The number of aromatic nitrogens is 5. The van der Waals surface area contributed by atoms with Crippen LogP contribution in [0.3, 0.4) is 0 Å². The summed E-state index contributed by atoms with van der Waals surface area (Å²) < 4.78 is 7.30. The number of furan rings is 1. The molecule has 0 saturated carbocycles. The molecule has 3 aromatic rings. The number of tetrazole rings is 1. The second kappa shape index (κ2) is 4.53. The van der Waals surface area contributed by atoms with Crippen molar-refractivity contribution in [2.24, 2.45) is 5.41 Å². The van der Waals surface area contributed by atoms with E-state index in [4.69, 9.17) is 4.42 Å². The number of rotatable bonds is 2. The van der Waals surface area contributed by atoms with Crippen molar-refractivity contribution in [3.63, 3.8) is 0 Å². The number of hydrogen-bond donors (Lipinski definition) is 1. The van der Waals surface area contributed by atoms with Gasteiger partial charge in [-0.05, 0) is 47.4 Å². The smallest absolute Gasteiger partial charge is 0.200 e. The molecule has 3 aromatic heterocycles. The fourth-order valence-electron chi connectivity index (χ4n) is 3.22. The van der Waals surface area contributed by atoms with Gasteiger partial charge in [-0.3, -0.25) is 0 Å².